The fourth-order valence-electron chi connectivity index (χ4n) is 2.43. The van der Waals surface area contributed by atoms with Crippen LogP contribution in [-0.4, -0.2) is 11.9 Å². The third kappa shape index (κ3) is 2.94. The summed E-state index contributed by atoms with van der Waals surface area (Å²) in [6.45, 7) is 2.21. The number of anilines is 1. The fraction of sp³-hybridized carbons (Fsp3) is 0.462. The van der Waals surface area contributed by atoms with Crippen LogP contribution in [0.25, 0.3) is 0 Å². The van der Waals surface area contributed by atoms with Crippen molar-refractivity contribution < 1.29 is 4.79 Å². The van der Waals surface area contributed by atoms with Crippen LogP contribution in [0.4, 0.5) is 5.69 Å². The molecule has 1 aliphatic carbocycles. The number of nitrogens with one attached hydrogen (secondary N) is 2. The zero-order chi connectivity index (χ0) is 13.1. The Morgan fingerprint density at radius 2 is 2.22 bits per heavy atom. The van der Waals surface area contributed by atoms with Gasteiger partial charge in [0.05, 0.1) is 11.3 Å². The molecule has 1 aliphatic rings. The van der Waals surface area contributed by atoms with Crippen LogP contribution in [0.2, 0.25) is 5.02 Å². The van der Waals surface area contributed by atoms with E-state index >= 15 is 0 Å². The van der Waals surface area contributed by atoms with Gasteiger partial charge in [0.2, 0.25) is 0 Å². The Hall–Kier alpha value is -1.26. The quantitative estimate of drug-likeness (QED) is 0.582. The molecule has 2 atom stereocenters. The molecule has 0 heterocycles. The first-order valence-electron chi connectivity index (χ1n) is 6.17. The van der Waals surface area contributed by atoms with Crippen LogP contribution >= 0.6 is 11.6 Å². The number of carbonyl (C=O) groups is 1. The van der Waals surface area contributed by atoms with E-state index in [1.54, 1.807) is 18.2 Å². The lowest BCUT2D eigenvalue weighted by Crippen LogP contribution is -2.33. The van der Waals surface area contributed by atoms with Crippen LogP contribution < -0.4 is 16.6 Å². The third-order valence-corrected chi connectivity index (χ3v) is 3.65. The molecule has 5 heteroatoms. The second-order valence-electron chi connectivity index (χ2n) is 4.92. The van der Waals surface area contributed by atoms with Gasteiger partial charge in [0.1, 0.15) is 0 Å². The summed E-state index contributed by atoms with van der Waals surface area (Å²) in [5.74, 6) is 5.96. The Kier molecular flexibility index (Phi) is 4.09. The van der Waals surface area contributed by atoms with Crippen LogP contribution in [-0.2, 0) is 0 Å². The summed E-state index contributed by atoms with van der Waals surface area (Å²) in [7, 11) is 0. The van der Waals surface area contributed by atoms with Gasteiger partial charge < -0.3 is 10.7 Å². The minimum atomic E-state index is -0.121. The van der Waals surface area contributed by atoms with E-state index < -0.39 is 0 Å². The van der Waals surface area contributed by atoms with Crippen LogP contribution in [0, 0.1) is 5.92 Å². The van der Waals surface area contributed by atoms with E-state index in [1.807, 2.05) is 0 Å². The topological polar surface area (TPSA) is 67.2 Å². The van der Waals surface area contributed by atoms with Gasteiger partial charge in [-0.15, -0.1) is 0 Å². The minimum Gasteiger partial charge on any atom is -0.349 e. The Bertz CT molecular complexity index is 450. The molecule has 0 aromatic heterocycles. The van der Waals surface area contributed by atoms with Crippen molar-refractivity contribution in [2.75, 3.05) is 5.43 Å². The van der Waals surface area contributed by atoms with Crippen molar-refractivity contribution in [3.63, 3.8) is 0 Å². The van der Waals surface area contributed by atoms with Crippen LogP contribution in [0.5, 0.6) is 0 Å². The van der Waals surface area contributed by atoms with E-state index in [-0.39, 0.29) is 11.9 Å². The minimum absolute atomic E-state index is 0.121. The van der Waals surface area contributed by atoms with Gasteiger partial charge in [0.15, 0.2) is 0 Å². The first kappa shape index (κ1) is 13.2. The van der Waals surface area contributed by atoms with Gasteiger partial charge in [-0.25, -0.2) is 0 Å². The van der Waals surface area contributed by atoms with Crippen LogP contribution in [0.15, 0.2) is 18.2 Å². The summed E-state index contributed by atoms with van der Waals surface area (Å²) in [4.78, 5) is 12.2. The summed E-state index contributed by atoms with van der Waals surface area (Å²) >= 11 is 5.91. The standard InChI is InChI=1S/C13H18ClN3O/c1-8-2-4-10(6-8)16-13(18)11-7-9(14)3-5-12(11)17-15/h3,5,7-8,10,17H,2,4,6,15H2,1H3,(H,16,18). The highest BCUT2D eigenvalue weighted by molar-refractivity contribution is 6.31. The molecule has 0 radical (unpaired) electrons. The van der Waals surface area contributed by atoms with Gasteiger partial charge >= 0.3 is 0 Å². The van der Waals surface area contributed by atoms with Crippen molar-refractivity contribution >= 4 is 23.2 Å². The number of rotatable bonds is 3. The number of hydrogen-bond donors (Lipinski definition) is 3. The molecule has 4 nitrogen and oxygen atoms in total. The highest BCUT2D eigenvalue weighted by Crippen LogP contribution is 2.26. The lowest BCUT2D eigenvalue weighted by Gasteiger charge is -2.14. The van der Waals surface area contributed by atoms with E-state index in [0.29, 0.717) is 22.2 Å². The number of amides is 1. The lowest BCUT2D eigenvalue weighted by atomic mass is 10.1. The van der Waals surface area contributed by atoms with Crippen molar-refractivity contribution in [3.8, 4) is 0 Å². The normalized spacial score (nSPS) is 22.8. The smallest absolute Gasteiger partial charge is 0.253 e. The monoisotopic (exact) mass is 267 g/mol. The van der Waals surface area contributed by atoms with E-state index in [2.05, 4.69) is 17.7 Å². The SMILES string of the molecule is CC1CCC(NC(=O)c2cc(Cl)ccc2NN)C1. The molecule has 0 spiro atoms. The molecule has 1 aromatic carbocycles. The lowest BCUT2D eigenvalue weighted by molar-refractivity contribution is 0.0938. The predicted molar refractivity (Wildman–Crippen MR) is 73.5 cm³/mol. The van der Waals surface area contributed by atoms with Crippen LogP contribution in [0.1, 0.15) is 36.5 Å². The van der Waals surface area contributed by atoms with Crippen molar-refractivity contribution in [3.05, 3.63) is 28.8 Å². The zero-order valence-corrected chi connectivity index (χ0v) is 11.1. The average Bonchev–Trinajstić information content (AvgIpc) is 2.74. The third-order valence-electron chi connectivity index (χ3n) is 3.41. The molecular formula is C13H18ClN3O. The average molecular weight is 268 g/mol. The van der Waals surface area contributed by atoms with Crippen molar-refractivity contribution in [1.82, 2.24) is 5.32 Å². The molecular weight excluding hydrogens is 250 g/mol. The zero-order valence-electron chi connectivity index (χ0n) is 10.4. The van der Waals surface area contributed by atoms with E-state index in [9.17, 15) is 4.79 Å². The molecule has 4 N–H and O–H groups in total. The Labute approximate surface area is 112 Å². The fourth-order valence-corrected chi connectivity index (χ4v) is 2.60. The molecule has 0 aliphatic heterocycles. The van der Waals surface area contributed by atoms with Gasteiger partial charge in [0.25, 0.3) is 5.91 Å². The highest BCUT2D eigenvalue weighted by atomic mass is 35.5. The van der Waals surface area contributed by atoms with Gasteiger partial charge in [-0.05, 0) is 43.4 Å². The van der Waals surface area contributed by atoms with Crippen molar-refractivity contribution in [2.45, 2.75) is 32.2 Å². The summed E-state index contributed by atoms with van der Waals surface area (Å²) < 4.78 is 0. The Morgan fingerprint density at radius 3 is 2.83 bits per heavy atom. The second kappa shape index (κ2) is 5.59. The Balaban J connectivity index is 2.10. The first-order chi connectivity index (χ1) is 8.60. The molecule has 18 heavy (non-hydrogen) atoms. The summed E-state index contributed by atoms with van der Waals surface area (Å²) in [6.07, 6.45) is 3.25. The highest BCUT2D eigenvalue weighted by Gasteiger charge is 2.24. The van der Waals surface area contributed by atoms with Gasteiger partial charge in [0, 0.05) is 11.1 Å². The maximum Gasteiger partial charge on any atom is 0.253 e. The second-order valence-corrected chi connectivity index (χ2v) is 5.36. The maximum atomic E-state index is 12.2. The molecule has 0 bridgehead atoms. The number of benzene rings is 1. The number of halogens is 1. The van der Waals surface area contributed by atoms with Crippen molar-refractivity contribution in [1.29, 1.82) is 0 Å². The molecule has 0 saturated heterocycles. The van der Waals surface area contributed by atoms with Gasteiger partial charge in [-0.1, -0.05) is 18.5 Å². The van der Waals surface area contributed by atoms with E-state index in [0.717, 1.165) is 12.8 Å². The molecule has 2 unspecified atom stereocenters. The van der Waals surface area contributed by atoms with Gasteiger partial charge in [-0.2, -0.15) is 0 Å². The number of nitrogens with two attached hydrogens (primary N) is 1. The molecule has 1 fully saturated rings. The molecule has 1 saturated carbocycles. The van der Waals surface area contributed by atoms with E-state index in [1.165, 1.54) is 6.42 Å². The summed E-state index contributed by atoms with van der Waals surface area (Å²) in [6, 6.07) is 5.29. The number of hydrogen-bond acceptors (Lipinski definition) is 3. The molecule has 1 amide bonds. The molecule has 2 rings (SSSR count). The summed E-state index contributed by atoms with van der Waals surface area (Å²) in [5.41, 5.74) is 3.59. The number of nitrogen functional groups attached to an aromatic ring is 1. The van der Waals surface area contributed by atoms with Gasteiger partial charge in [-0.3, -0.25) is 10.6 Å². The number of hydrazine groups is 1. The van der Waals surface area contributed by atoms with Crippen LogP contribution in [0.3, 0.4) is 0 Å². The molecule has 98 valence electrons. The maximum absolute atomic E-state index is 12.2. The van der Waals surface area contributed by atoms with Crippen molar-refractivity contribution in [2.24, 2.45) is 11.8 Å². The first-order valence-corrected chi connectivity index (χ1v) is 6.55. The summed E-state index contributed by atoms with van der Waals surface area (Å²) in [5, 5.41) is 3.56. The molecule has 1 aromatic rings. The number of carbonyl (C=O) groups excluding carboxylic acids is 1. The Morgan fingerprint density at radius 1 is 1.44 bits per heavy atom. The largest absolute Gasteiger partial charge is 0.349 e. The predicted octanol–water partition coefficient (Wildman–Crippen LogP) is 2.54. The van der Waals surface area contributed by atoms with E-state index in [4.69, 9.17) is 17.4 Å².